The average molecular weight is 451 g/mol. The van der Waals surface area contributed by atoms with Gasteiger partial charge in [-0.1, -0.05) is 46.3 Å². The first-order chi connectivity index (χ1) is 14.0. The highest BCUT2D eigenvalue weighted by Crippen LogP contribution is 2.41. The molecule has 0 bridgehead atoms. The molecule has 2 aliphatic rings. The van der Waals surface area contributed by atoms with Crippen molar-refractivity contribution in [3.8, 4) is 0 Å². The summed E-state index contributed by atoms with van der Waals surface area (Å²) in [5.74, 6) is -0.290. The van der Waals surface area contributed by atoms with E-state index in [1.54, 1.807) is 11.1 Å². The van der Waals surface area contributed by atoms with Crippen molar-refractivity contribution < 1.29 is 9.59 Å². The first-order valence-electron chi connectivity index (χ1n) is 9.50. The molecule has 1 N–H and O–H groups in total. The van der Waals surface area contributed by atoms with Crippen LogP contribution in [0.15, 0.2) is 58.1 Å². The van der Waals surface area contributed by atoms with Crippen LogP contribution in [0.25, 0.3) is 10.9 Å². The Hall–Kier alpha value is -2.93. The SMILES string of the molecule is C[C@@]12C(=O)N(/N=C\c3ccc(Br)cc3)CC(=O)N1CCc1c2[nH]c2ccccc12. The summed E-state index contributed by atoms with van der Waals surface area (Å²) in [6, 6.07) is 15.6. The molecule has 1 atom stereocenters. The molecule has 0 saturated carbocycles. The Morgan fingerprint density at radius 1 is 1.14 bits per heavy atom. The number of hydrogen-bond acceptors (Lipinski definition) is 3. The molecule has 29 heavy (non-hydrogen) atoms. The zero-order chi connectivity index (χ0) is 20.2. The fourth-order valence-corrected chi connectivity index (χ4v) is 4.63. The molecule has 3 aromatic rings. The third kappa shape index (κ3) is 2.72. The third-order valence-corrected chi connectivity index (χ3v) is 6.41. The molecule has 1 saturated heterocycles. The summed E-state index contributed by atoms with van der Waals surface area (Å²) in [7, 11) is 0. The van der Waals surface area contributed by atoms with Gasteiger partial charge in [0.2, 0.25) is 5.91 Å². The van der Waals surface area contributed by atoms with E-state index < -0.39 is 5.54 Å². The molecule has 2 aliphatic heterocycles. The molecule has 5 rings (SSSR count). The van der Waals surface area contributed by atoms with Gasteiger partial charge < -0.3 is 9.88 Å². The number of fused-ring (bicyclic) bond motifs is 5. The highest BCUT2D eigenvalue weighted by Gasteiger charge is 2.54. The van der Waals surface area contributed by atoms with Crippen LogP contribution in [0.3, 0.4) is 0 Å². The summed E-state index contributed by atoms with van der Waals surface area (Å²) in [4.78, 5) is 31.5. The number of nitrogens with zero attached hydrogens (tertiary/aromatic N) is 3. The maximum absolute atomic E-state index is 13.5. The van der Waals surface area contributed by atoms with Crippen LogP contribution in [0.4, 0.5) is 0 Å². The fraction of sp³-hybridized carbons (Fsp3) is 0.227. The molecule has 0 unspecified atom stereocenters. The van der Waals surface area contributed by atoms with Gasteiger partial charge in [0.25, 0.3) is 5.91 Å². The number of amides is 2. The van der Waals surface area contributed by atoms with Crippen molar-refractivity contribution in [3.05, 3.63) is 69.8 Å². The smallest absolute Gasteiger partial charge is 0.275 e. The number of aromatic amines is 1. The van der Waals surface area contributed by atoms with Crippen LogP contribution in [-0.4, -0.2) is 46.0 Å². The molecule has 7 heteroatoms. The van der Waals surface area contributed by atoms with Crippen molar-refractivity contribution in [1.82, 2.24) is 14.9 Å². The zero-order valence-electron chi connectivity index (χ0n) is 15.9. The average Bonchev–Trinajstić information content (AvgIpc) is 3.11. The van der Waals surface area contributed by atoms with Crippen LogP contribution in [0, 0.1) is 0 Å². The number of rotatable bonds is 2. The predicted molar refractivity (Wildman–Crippen MR) is 115 cm³/mol. The Morgan fingerprint density at radius 2 is 1.90 bits per heavy atom. The van der Waals surface area contributed by atoms with Crippen molar-refractivity contribution in [2.75, 3.05) is 13.1 Å². The topological polar surface area (TPSA) is 68.8 Å². The van der Waals surface area contributed by atoms with Gasteiger partial charge in [0, 0.05) is 21.9 Å². The molecule has 146 valence electrons. The van der Waals surface area contributed by atoms with Crippen LogP contribution in [-0.2, 0) is 21.5 Å². The van der Waals surface area contributed by atoms with E-state index in [1.165, 1.54) is 5.01 Å². The number of hydrazone groups is 1. The minimum atomic E-state index is -1.08. The van der Waals surface area contributed by atoms with Crippen LogP contribution in [0.2, 0.25) is 0 Å². The molecule has 0 radical (unpaired) electrons. The van der Waals surface area contributed by atoms with Gasteiger partial charge in [-0.05, 0) is 42.7 Å². The second kappa shape index (κ2) is 6.56. The largest absolute Gasteiger partial charge is 0.356 e. The van der Waals surface area contributed by atoms with Crippen molar-refractivity contribution in [3.63, 3.8) is 0 Å². The van der Waals surface area contributed by atoms with E-state index in [4.69, 9.17) is 0 Å². The monoisotopic (exact) mass is 450 g/mol. The normalized spacial score (nSPS) is 21.7. The second-order valence-electron chi connectivity index (χ2n) is 7.55. The maximum atomic E-state index is 13.5. The predicted octanol–water partition coefficient (Wildman–Crippen LogP) is 3.41. The number of halogens is 1. The molecule has 1 aromatic heterocycles. The minimum absolute atomic E-state index is 0.0446. The van der Waals surface area contributed by atoms with Gasteiger partial charge in [-0.15, -0.1) is 0 Å². The lowest BCUT2D eigenvalue weighted by molar-refractivity contribution is -0.165. The Labute approximate surface area is 176 Å². The van der Waals surface area contributed by atoms with Gasteiger partial charge in [-0.3, -0.25) is 9.59 Å². The number of hydrogen-bond donors (Lipinski definition) is 1. The van der Waals surface area contributed by atoms with Crippen LogP contribution in [0.1, 0.15) is 23.7 Å². The number of para-hydroxylation sites is 1. The van der Waals surface area contributed by atoms with E-state index in [0.717, 1.165) is 38.6 Å². The number of carbonyl (C=O) groups is 2. The van der Waals surface area contributed by atoms with Crippen molar-refractivity contribution in [2.24, 2.45) is 5.10 Å². The van der Waals surface area contributed by atoms with Crippen molar-refractivity contribution >= 4 is 44.9 Å². The Kier molecular flexibility index (Phi) is 4.10. The van der Waals surface area contributed by atoms with Crippen LogP contribution in [0.5, 0.6) is 0 Å². The lowest BCUT2D eigenvalue weighted by Gasteiger charge is -2.48. The van der Waals surface area contributed by atoms with Gasteiger partial charge in [-0.2, -0.15) is 5.10 Å². The van der Waals surface area contributed by atoms with E-state index >= 15 is 0 Å². The number of H-pyrrole nitrogens is 1. The lowest BCUT2D eigenvalue weighted by atomic mass is 9.83. The first kappa shape index (κ1) is 18.1. The van der Waals surface area contributed by atoms with E-state index in [2.05, 4.69) is 32.1 Å². The Balaban J connectivity index is 1.56. The summed E-state index contributed by atoms with van der Waals surface area (Å²) in [5.41, 5.74) is 2.66. The van der Waals surface area contributed by atoms with Crippen molar-refractivity contribution in [1.29, 1.82) is 0 Å². The Morgan fingerprint density at radius 3 is 2.69 bits per heavy atom. The summed E-state index contributed by atoms with van der Waals surface area (Å²) >= 11 is 3.40. The number of nitrogens with one attached hydrogen (secondary N) is 1. The van der Waals surface area contributed by atoms with Gasteiger partial charge in [-0.25, -0.2) is 5.01 Å². The van der Waals surface area contributed by atoms with Gasteiger partial charge >= 0.3 is 0 Å². The lowest BCUT2D eigenvalue weighted by Crippen LogP contribution is -2.65. The number of piperazine rings is 1. The molecule has 2 amide bonds. The summed E-state index contributed by atoms with van der Waals surface area (Å²) < 4.78 is 0.968. The van der Waals surface area contributed by atoms with E-state index in [1.807, 2.05) is 49.4 Å². The van der Waals surface area contributed by atoms with Gasteiger partial charge in [0.1, 0.15) is 6.54 Å². The van der Waals surface area contributed by atoms with Crippen molar-refractivity contribution in [2.45, 2.75) is 18.9 Å². The second-order valence-corrected chi connectivity index (χ2v) is 8.47. The van der Waals surface area contributed by atoms with Crippen LogP contribution < -0.4 is 0 Å². The van der Waals surface area contributed by atoms with Crippen LogP contribution >= 0.6 is 15.9 Å². The molecular weight excluding hydrogens is 432 g/mol. The highest BCUT2D eigenvalue weighted by molar-refractivity contribution is 9.10. The zero-order valence-corrected chi connectivity index (χ0v) is 17.4. The number of aromatic nitrogens is 1. The fourth-order valence-electron chi connectivity index (χ4n) is 4.37. The number of benzene rings is 2. The molecule has 3 heterocycles. The standard InChI is InChI=1S/C22H19BrN4O2/c1-22-20-17(16-4-2-3-5-18(16)25-20)10-11-26(22)19(28)13-27(21(22)29)24-12-14-6-8-15(23)9-7-14/h2-9,12,25H,10-11,13H2,1H3/b24-12-/t22-/m1/s1. The molecule has 6 nitrogen and oxygen atoms in total. The minimum Gasteiger partial charge on any atom is -0.356 e. The molecular formula is C22H19BrN4O2. The highest BCUT2D eigenvalue weighted by atomic mass is 79.9. The molecule has 0 spiro atoms. The van der Waals surface area contributed by atoms with E-state index in [9.17, 15) is 9.59 Å². The van der Waals surface area contributed by atoms with Gasteiger partial charge in [0.15, 0.2) is 5.54 Å². The van der Waals surface area contributed by atoms with Gasteiger partial charge in [0.05, 0.1) is 11.9 Å². The summed E-state index contributed by atoms with van der Waals surface area (Å²) in [5, 5.41) is 6.76. The number of carbonyl (C=O) groups excluding carboxylic acids is 2. The molecule has 1 fully saturated rings. The summed E-state index contributed by atoms with van der Waals surface area (Å²) in [6.07, 6.45) is 2.35. The third-order valence-electron chi connectivity index (χ3n) is 5.88. The summed E-state index contributed by atoms with van der Waals surface area (Å²) in [6.45, 7) is 2.30. The molecule has 2 aromatic carbocycles. The first-order valence-corrected chi connectivity index (χ1v) is 10.3. The van der Waals surface area contributed by atoms with E-state index in [-0.39, 0.29) is 18.4 Å². The Bertz CT molecular complexity index is 1170. The van der Waals surface area contributed by atoms with E-state index in [0.29, 0.717) is 6.54 Å². The molecule has 0 aliphatic carbocycles. The maximum Gasteiger partial charge on any atom is 0.275 e. The quantitative estimate of drug-likeness (QED) is 0.607.